The summed E-state index contributed by atoms with van der Waals surface area (Å²) in [7, 11) is 2.10. The van der Waals surface area contributed by atoms with Gasteiger partial charge in [-0.25, -0.2) is 0 Å². The molecule has 1 atom stereocenters. The van der Waals surface area contributed by atoms with Crippen molar-refractivity contribution in [2.24, 2.45) is 11.8 Å². The first kappa shape index (κ1) is 14.7. The van der Waals surface area contributed by atoms with Gasteiger partial charge in [0.05, 0.1) is 0 Å². The zero-order chi connectivity index (χ0) is 12.8. The molecule has 1 aromatic carbocycles. The highest BCUT2D eigenvalue weighted by Crippen LogP contribution is 2.18. The Balaban J connectivity index is 2.55. The number of benzene rings is 1. The highest BCUT2D eigenvalue weighted by atomic mass is 79.9. The Bertz CT molecular complexity index is 341. The normalized spacial score (nSPS) is 13.4. The van der Waals surface area contributed by atoms with E-state index in [1.54, 1.807) is 0 Å². The van der Waals surface area contributed by atoms with E-state index in [1.807, 2.05) is 6.07 Å². The predicted molar refractivity (Wildman–Crippen MR) is 75.9 cm³/mol. The lowest BCUT2D eigenvalue weighted by Crippen LogP contribution is -2.30. The summed E-state index contributed by atoms with van der Waals surface area (Å²) >= 11 is 3.56. The van der Waals surface area contributed by atoms with Gasteiger partial charge in [0.25, 0.3) is 0 Å². The molecule has 0 bridgehead atoms. The number of halogens is 1. The fourth-order valence-corrected chi connectivity index (χ4v) is 2.27. The highest BCUT2D eigenvalue weighted by Gasteiger charge is 2.15. The fraction of sp³-hybridized carbons (Fsp3) is 0.571. The van der Waals surface area contributed by atoms with E-state index < -0.39 is 0 Å². The van der Waals surface area contributed by atoms with E-state index in [9.17, 15) is 5.11 Å². The lowest BCUT2D eigenvalue weighted by atomic mass is 9.96. The number of aliphatic hydroxyl groups is 1. The van der Waals surface area contributed by atoms with Crippen molar-refractivity contribution >= 4 is 15.9 Å². The molecule has 2 nitrogen and oxygen atoms in total. The first-order valence-electron chi connectivity index (χ1n) is 6.07. The molecule has 17 heavy (non-hydrogen) atoms. The zero-order valence-electron chi connectivity index (χ0n) is 10.9. The predicted octanol–water partition coefficient (Wildman–Crippen LogP) is 3.15. The third kappa shape index (κ3) is 4.78. The quantitative estimate of drug-likeness (QED) is 0.872. The van der Waals surface area contributed by atoms with Gasteiger partial charge in [-0.3, -0.25) is 0 Å². The van der Waals surface area contributed by atoms with Crippen molar-refractivity contribution in [3.05, 3.63) is 34.3 Å². The molecule has 0 radical (unpaired) electrons. The van der Waals surface area contributed by atoms with Gasteiger partial charge in [-0.2, -0.15) is 0 Å². The van der Waals surface area contributed by atoms with Gasteiger partial charge in [0, 0.05) is 24.2 Å². The molecule has 1 rings (SSSR count). The van der Waals surface area contributed by atoms with Gasteiger partial charge in [0.15, 0.2) is 0 Å². The van der Waals surface area contributed by atoms with Crippen molar-refractivity contribution in [2.75, 3.05) is 20.2 Å². The van der Waals surface area contributed by atoms with Crippen LogP contribution in [0.1, 0.15) is 19.4 Å². The Hall–Kier alpha value is -0.380. The molecule has 1 aromatic rings. The van der Waals surface area contributed by atoms with Gasteiger partial charge in [-0.05, 0) is 30.5 Å². The van der Waals surface area contributed by atoms with E-state index in [0.29, 0.717) is 11.8 Å². The number of rotatable bonds is 6. The maximum atomic E-state index is 9.33. The lowest BCUT2D eigenvalue weighted by molar-refractivity contribution is 0.143. The van der Waals surface area contributed by atoms with Crippen molar-refractivity contribution in [1.82, 2.24) is 4.90 Å². The molecule has 96 valence electrons. The summed E-state index contributed by atoms with van der Waals surface area (Å²) in [4.78, 5) is 2.26. The van der Waals surface area contributed by atoms with E-state index in [1.165, 1.54) is 5.56 Å². The van der Waals surface area contributed by atoms with E-state index in [0.717, 1.165) is 17.6 Å². The second-order valence-corrected chi connectivity index (χ2v) is 5.83. The van der Waals surface area contributed by atoms with Gasteiger partial charge in [0.1, 0.15) is 0 Å². The third-order valence-corrected chi connectivity index (χ3v) is 3.90. The van der Waals surface area contributed by atoms with Crippen LogP contribution in [-0.2, 0) is 6.54 Å². The molecule has 3 heteroatoms. The minimum Gasteiger partial charge on any atom is -0.396 e. The molecule has 0 saturated heterocycles. The van der Waals surface area contributed by atoms with Gasteiger partial charge < -0.3 is 10.0 Å². The highest BCUT2D eigenvalue weighted by molar-refractivity contribution is 9.10. The van der Waals surface area contributed by atoms with Crippen LogP contribution in [0.15, 0.2) is 28.7 Å². The summed E-state index contributed by atoms with van der Waals surface area (Å²) in [6, 6.07) is 8.27. The second-order valence-electron chi connectivity index (χ2n) is 4.97. The standard InChI is InChI=1S/C14H22BrNO/c1-11(2)13(10-17)9-16(3)8-12-6-4-5-7-14(12)15/h4-7,11,13,17H,8-10H2,1-3H3. The Morgan fingerprint density at radius 3 is 2.47 bits per heavy atom. The number of nitrogens with zero attached hydrogens (tertiary/aromatic N) is 1. The summed E-state index contributed by atoms with van der Waals surface area (Å²) in [6.07, 6.45) is 0. The molecular weight excluding hydrogens is 278 g/mol. The summed E-state index contributed by atoms with van der Waals surface area (Å²) < 4.78 is 1.15. The Morgan fingerprint density at radius 2 is 1.94 bits per heavy atom. The van der Waals surface area contributed by atoms with Crippen LogP contribution in [0.5, 0.6) is 0 Å². The average Bonchev–Trinajstić information content (AvgIpc) is 2.28. The number of hydrogen-bond donors (Lipinski definition) is 1. The smallest absolute Gasteiger partial charge is 0.0473 e. The molecule has 0 aliphatic carbocycles. The van der Waals surface area contributed by atoms with Gasteiger partial charge in [0.2, 0.25) is 0 Å². The molecular formula is C14H22BrNO. The van der Waals surface area contributed by atoms with Crippen LogP contribution in [0.25, 0.3) is 0 Å². The number of aliphatic hydroxyl groups excluding tert-OH is 1. The maximum absolute atomic E-state index is 9.33. The zero-order valence-corrected chi connectivity index (χ0v) is 12.4. The molecule has 0 heterocycles. The topological polar surface area (TPSA) is 23.5 Å². The molecule has 1 unspecified atom stereocenters. The van der Waals surface area contributed by atoms with Crippen LogP contribution in [0.3, 0.4) is 0 Å². The van der Waals surface area contributed by atoms with Crippen LogP contribution in [0, 0.1) is 11.8 Å². The van der Waals surface area contributed by atoms with Crippen LogP contribution >= 0.6 is 15.9 Å². The number of hydrogen-bond acceptors (Lipinski definition) is 2. The lowest BCUT2D eigenvalue weighted by Gasteiger charge is -2.25. The monoisotopic (exact) mass is 299 g/mol. The molecule has 1 N–H and O–H groups in total. The summed E-state index contributed by atoms with van der Waals surface area (Å²) in [5.41, 5.74) is 1.29. The molecule has 0 aliphatic rings. The maximum Gasteiger partial charge on any atom is 0.0473 e. The molecule has 0 fully saturated rings. The minimum atomic E-state index is 0.262. The third-order valence-electron chi connectivity index (χ3n) is 3.12. The molecule has 0 aromatic heterocycles. The van der Waals surface area contributed by atoms with Crippen LogP contribution < -0.4 is 0 Å². The molecule has 0 amide bonds. The average molecular weight is 300 g/mol. The minimum absolute atomic E-state index is 0.262. The van der Waals surface area contributed by atoms with E-state index in [2.05, 4.69) is 59.9 Å². The van der Waals surface area contributed by atoms with E-state index in [-0.39, 0.29) is 6.61 Å². The van der Waals surface area contributed by atoms with Gasteiger partial charge in [-0.15, -0.1) is 0 Å². The van der Waals surface area contributed by atoms with Crippen molar-refractivity contribution in [2.45, 2.75) is 20.4 Å². The van der Waals surface area contributed by atoms with Crippen LogP contribution in [0.2, 0.25) is 0 Å². The molecule has 0 aliphatic heterocycles. The van der Waals surface area contributed by atoms with Crippen LogP contribution in [0.4, 0.5) is 0 Å². The largest absolute Gasteiger partial charge is 0.396 e. The summed E-state index contributed by atoms with van der Waals surface area (Å²) in [5.74, 6) is 0.865. The Kier molecular flexibility index (Phi) is 6.17. The summed E-state index contributed by atoms with van der Waals surface area (Å²) in [5, 5.41) is 9.33. The SMILES string of the molecule is CC(C)C(CO)CN(C)Cc1ccccc1Br. The Morgan fingerprint density at radius 1 is 1.29 bits per heavy atom. The van der Waals surface area contributed by atoms with Crippen molar-refractivity contribution in [1.29, 1.82) is 0 Å². The van der Waals surface area contributed by atoms with Crippen molar-refractivity contribution in [3.8, 4) is 0 Å². The molecule has 0 saturated carbocycles. The first-order chi connectivity index (χ1) is 8.04. The van der Waals surface area contributed by atoms with E-state index >= 15 is 0 Å². The molecule has 0 spiro atoms. The van der Waals surface area contributed by atoms with E-state index in [4.69, 9.17) is 0 Å². The van der Waals surface area contributed by atoms with Crippen molar-refractivity contribution in [3.63, 3.8) is 0 Å². The Labute approximate surface area is 113 Å². The second kappa shape index (κ2) is 7.14. The summed E-state index contributed by atoms with van der Waals surface area (Å²) in [6.45, 7) is 6.42. The first-order valence-corrected chi connectivity index (χ1v) is 6.86. The van der Waals surface area contributed by atoms with Crippen LogP contribution in [-0.4, -0.2) is 30.2 Å². The van der Waals surface area contributed by atoms with Gasteiger partial charge in [-0.1, -0.05) is 48.0 Å². The fourth-order valence-electron chi connectivity index (χ4n) is 1.86. The van der Waals surface area contributed by atoms with Gasteiger partial charge >= 0.3 is 0 Å². The van der Waals surface area contributed by atoms with Crippen molar-refractivity contribution < 1.29 is 5.11 Å².